The van der Waals surface area contributed by atoms with Crippen molar-refractivity contribution in [2.24, 2.45) is 0 Å². The second kappa shape index (κ2) is 4.86. The minimum Gasteiger partial charge on any atom is -0.399 e. The van der Waals surface area contributed by atoms with Gasteiger partial charge >= 0.3 is 0 Å². The molecule has 78 valence electrons. The van der Waals surface area contributed by atoms with Crippen LogP contribution in [0.25, 0.3) is 0 Å². The molecule has 0 spiro atoms. The van der Waals surface area contributed by atoms with Crippen molar-refractivity contribution in [1.29, 1.82) is 0 Å². The lowest BCUT2D eigenvalue weighted by molar-refractivity contribution is 0.425. The van der Waals surface area contributed by atoms with Gasteiger partial charge in [0.2, 0.25) is 0 Å². The number of rotatable bonds is 4. The van der Waals surface area contributed by atoms with E-state index in [2.05, 4.69) is 30.4 Å². The van der Waals surface area contributed by atoms with Crippen molar-refractivity contribution in [2.75, 3.05) is 38.2 Å². The summed E-state index contributed by atoms with van der Waals surface area (Å²) in [6.45, 7) is 4.01. The zero-order valence-corrected chi connectivity index (χ0v) is 9.17. The van der Waals surface area contributed by atoms with Crippen LogP contribution >= 0.6 is 0 Å². The molecule has 0 heterocycles. The molecular formula is C11H19N3. The Morgan fingerprint density at radius 1 is 1.29 bits per heavy atom. The van der Waals surface area contributed by atoms with Gasteiger partial charge in [-0.25, -0.2) is 0 Å². The fraction of sp³-hybridized carbons (Fsp3) is 0.455. The predicted octanol–water partition coefficient (Wildman–Crippen LogP) is 1.55. The van der Waals surface area contributed by atoms with Gasteiger partial charge in [-0.3, -0.25) is 0 Å². The third kappa shape index (κ3) is 3.66. The van der Waals surface area contributed by atoms with E-state index in [1.165, 1.54) is 5.56 Å². The second-order valence-electron chi connectivity index (χ2n) is 3.86. The molecule has 0 radical (unpaired) electrons. The maximum Gasteiger partial charge on any atom is 0.0363 e. The Bertz CT molecular complexity index is 274. The number of nitrogens with zero attached hydrogens (tertiary/aromatic N) is 1. The summed E-state index contributed by atoms with van der Waals surface area (Å²) in [6, 6.07) is 6.03. The molecule has 14 heavy (non-hydrogen) atoms. The van der Waals surface area contributed by atoms with E-state index in [1.54, 1.807) is 0 Å². The van der Waals surface area contributed by atoms with Gasteiger partial charge in [0.25, 0.3) is 0 Å². The van der Waals surface area contributed by atoms with Crippen LogP contribution in [-0.4, -0.2) is 32.1 Å². The van der Waals surface area contributed by atoms with Crippen LogP contribution in [0, 0.1) is 6.92 Å². The first-order valence-electron chi connectivity index (χ1n) is 4.83. The third-order valence-corrected chi connectivity index (χ3v) is 1.99. The number of nitrogens with one attached hydrogen (secondary N) is 1. The highest BCUT2D eigenvalue weighted by Gasteiger charge is 1.95. The molecule has 0 amide bonds. The molecule has 0 aliphatic rings. The number of aryl methyl sites for hydroxylation is 1. The first kappa shape index (κ1) is 10.9. The number of nitrogen functional groups attached to an aromatic ring is 1. The third-order valence-electron chi connectivity index (χ3n) is 1.99. The second-order valence-corrected chi connectivity index (χ2v) is 3.86. The van der Waals surface area contributed by atoms with Crippen LogP contribution in [0.1, 0.15) is 5.56 Å². The van der Waals surface area contributed by atoms with Gasteiger partial charge in [-0.15, -0.1) is 0 Å². The zero-order chi connectivity index (χ0) is 10.6. The van der Waals surface area contributed by atoms with Gasteiger partial charge in [-0.2, -0.15) is 0 Å². The van der Waals surface area contributed by atoms with E-state index in [1.807, 2.05) is 19.1 Å². The topological polar surface area (TPSA) is 41.3 Å². The van der Waals surface area contributed by atoms with Crippen molar-refractivity contribution < 1.29 is 0 Å². The van der Waals surface area contributed by atoms with E-state index in [9.17, 15) is 0 Å². The summed E-state index contributed by atoms with van der Waals surface area (Å²) in [6.07, 6.45) is 0. The van der Waals surface area contributed by atoms with Crippen molar-refractivity contribution in [3.8, 4) is 0 Å². The van der Waals surface area contributed by atoms with E-state index in [-0.39, 0.29) is 0 Å². The van der Waals surface area contributed by atoms with Crippen LogP contribution in [0.5, 0.6) is 0 Å². The molecule has 0 unspecified atom stereocenters. The largest absolute Gasteiger partial charge is 0.399 e. The molecule has 3 N–H and O–H groups in total. The van der Waals surface area contributed by atoms with Crippen LogP contribution in [0.4, 0.5) is 11.4 Å². The Kier molecular flexibility index (Phi) is 3.77. The molecule has 0 aromatic heterocycles. The number of likely N-dealkylation sites (N-methyl/N-ethyl adjacent to an activating group) is 1. The summed E-state index contributed by atoms with van der Waals surface area (Å²) in [7, 11) is 4.12. The normalized spacial score (nSPS) is 10.6. The Hall–Kier alpha value is -1.22. The average Bonchev–Trinajstić information content (AvgIpc) is 2.01. The predicted molar refractivity (Wildman–Crippen MR) is 62.6 cm³/mol. The highest BCUT2D eigenvalue weighted by Crippen LogP contribution is 2.15. The lowest BCUT2D eigenvalue weighted by Gasteiger charge is -2.12. The first-order valence-corrected chi connectivity index (χ1v) is 4.83. The molecule has 0 saturated carbocycles. The van der Waals surface area contributed by atoms with Crippen molar-refractivity contribution >= 4 is 11.4 Å². The summed E-state index contributed by atoms with van der Waals surface area (Å²) in [5.41, 5.74) is 8.85. The van der Waals surface area contributed by atoms with E-state index < -0.39 is 0 Å². The number of hydrogen-bond donors (Lipinski definition) is 2. The summed E-state index contributed by atoms with van der Waals surface area (Å²) in [5.74, 6) is 0. The molecule has 1 aromatic carbocycles. The van der Waals surface area contributed by atoms with Crippen LogP contribution in [0.2, 0.25) is 0 Å². The zero-order valence-electron chi connectivity index (χ0n) is 9.17. The van der Waals surface area contributed by atoms with Crippen LogP contribution in [0.3, 0.4) is 0 Å². The van der Waals surface area contributed by atoms with Crippen LogP contribution in [0.15, 0.2) is 18.2 Å². The lowest BCUT2D eigenvalue weighted by Crippen LogP contribution is -2.20. The molecular weight excluding hydrogens is 174 g/mol. The maximum atomic E-state index is 5.74. The number of hydrogen-bond acceptors (Lipinski definition) is 3. The number of anilines is 2. The summed E-state index contributed by atoms with van der Waals surface area (Å²) in [5, 5.41) is 3.34. The molecule has 3 heteroatoms. The highest BCUT2D eigenvalue weighted by molar-refractivity contribution is 5.56. The smallest absolute Gasteiger partial charge is 0.0363 e. The van der Waals surface area contributed by atoms with E-state index >= 15 is 0 Å². The maximum absolute atomic E-state index is 5.74. The molecule has 1 rings (SSSR count). The van der Waals surface area contributed by atoms with Gasteiger partial charge < -0.3 is 16.0 Å². The fourth-order valence-electron chi connectivity index (χ4n) is 1.34. The van der Waals surface area contributed by atoms with Crippen LogP contribution in [-0.2, 0) is 0 Å². The van der Waals surface area contributed by atoms with E-state index in [0.717, 1.165) is 24.5 Å². The Labute approximate surface area is 85.9 Å². The summed E-state index contributed by atoms with van der Waals surface area (Å²) < 4.78 is 0. The van der Waals surface area contributed by atoms with Crippen molar-refractivity contribution in [3.63, 3.8) is 0 Å². The first-order chi connectivity index (χ1) is 6.58. The van der Waals surface area contributed by atoms with E-state index in [4.69, 9.17) is 5.73 Å². The molecule has 3 nitrogen and oxygen atoms in total. The molecule has 1 aromatic rings. The molecule has 0 aliphatic carbocycles. The van der Waals surface area contributed by atoms with Gasteiger partial charge in [-0.1, -0.05) is 0 Å². The summed E-state index contributed by atoms with van der Waals surface area (Å²) >= 11 is 0. The van der Waals surface area contributed by atoms with Gasteiger partial charge in [-0.05, 0) is 44.8 Å². The quantitative estimate of drug-likeness (QED) is 0.713. The molecule has 0 aliphatic heterocycles. The number of nitrogens with two attached hydrogens (primary N) is 1. The Morgan fingerprint density at radius 3 is 2.57 bits per heavy atom. The Balaban J connectivity index is 2.50. The van der Waals surface area contributed by atoms with Gasteiger partial charge in [0.1, 0.15) is 0 Å². The lowest BCUT2D eigenvalue weighted by atomic mass is 10.2. The molecule has 0 atom stereocenters. The van der Waals surface area contributed by atoms with Gasteiger partial charge in [0, 0.05) is 24.5 Å². The van der Waals surface area contributed by atoms with Crippen molar-refractivity contribution in [2.45, 2.75) is 6.92 Å². The molecule has 0 bridgehead atoms. The van der Waals surface area contributed by atoms with E-state index in [0.29, 0.717) is 0 Å². The highest BCUT2D eigenvalue weighted by atomic mass is 15.1. The molecule has 0 fully saturated rings. The minimum absolute atomic E-state index is 0.817. The van der Waals surface area contributed by atoms with Crippen molar-refractivity contribution in [1.82, 2.24) is 4.90 Å². The Morgan fingerprint density at radius 2 is 2.00 bits per heavy atom. The monoisotopic (exact) mass is 193 g/mol. The van der Waals surface area contributed by atoms with Gasteiger partial charge in [0.15, 0.2) is 0 Å². The SMILES string of the molecule is Cc1cc(N)cc(NCCN(C)C)c1. The number of benzene rings is 1. The van der Waals surface area contributed by atoms with Gasteiger partial charge in [0.05, 0.1) is 0 Å². The van der Waals surface area contributed by atoms with Crippen molar-refractivity contribution in [3.05, 3.63) is 23.8 Å². The summed E-state index contributed by atoms with van der Waals surface area (Å²) in [4.78, 5) is 2.14. The standard InChI is InChI=1S/C11H19N3/c1-9-6-10(12)8-11(7-9)13-4-5-14(2)3/h6-8,13H,4-5,12H2,1-3H3. The fourth-order valence-corrected chi connectivity index (χ4v) is 1.34. The average molecular weight is 193 g/mol. The minimum atomic E-state index is 0.817. The molecule has 0 saturated heterocycles. The van der Waals surface area contributed by atoms with Crippen LogP contribution < -0.4 is 11.1 Å².